The lowest BCUT2D eigenvalue weighted by molar-refractivity contribution is 0.295. The third-order valence-electron chi connectivity index (χ3n) is 2.94. The Morgan fingerprint density at radius 3 is 2.63 bits per heavy atom. The summed E-state index contributed by atoms with van der Waals surface area (Å²) in [5.41, 5.74) is 0.668. The van der Waals surface area contributed by atoms with Crippen LogP contribution in [0.1, 0.15) is 0 Å². The smallest absolute Gasteiger partial charge is 0.176 e. The molecule has 1 aliphatic rings. The minimum Gasteiger partial charge on any atom is -0.496 e. The van der Waals surface area contributed by atoms with E-state index in [1.54, 1.807) is 14.2 Å². The molecule has 0 amide bonds. The van der Waals surface area contributed by atoms with Gasteiger partial charge >= 0.3 is 0 Å². The highest BCUT2D eigenvalue weighted by atomic mass is 127. The number of hydrogen-bond donors (Lipinski definition) is 1. The van der Waals surface area contributed by atoms with Gasteiger partial charge in [-0.2, -0.15) is 5.11 Å². The number of methoxy groups -OCH3 is 2. The van der Waals surface area contributed by atoms with Crippen molar-refractivity contribution < 1.29 is 9.47 Å². The van der Waals surface area contributed by atoms with Crippen molar-refractivity contribution in [3.05, 3.63) is 15.7 Å². The molecule has 0 saturated carbocycles. The first kappa shape index (κ1) is 14.5. The van der Waals surface area contributed by atoms with E-state index in [-0.39, 0.29) is 6.29 Å². The monoisotopic (exact) mass is 376 g/mol. The summed E-state index contributed by atoms with van der Waals surface area (Å²) in [6, 6.07) is 3.72. The Bertz CT molecular complexity index is 481. The standard InChI is InChI=1S/C12H17IN4O2/c1-17-5-4-14-12(17)16-15-9-7-10(18-2)8(13)6-11(9)19-3/h6-7,12,14H,4-5H2,1-3H3. The summed E-state index contributed by atoms with van der Waals surface area (Å²) in [5.74, 6) is 1.46. The lowest BCUT2D eigenvalue weighted by Crippen LogP contribution is -2.30. The van der Waals surface area contributed by atoms with E-state index in [1.165, 1.54) is 0 Å². The summed E-state index contributed by atoms with van der Waals surface area (Å²) in [6.07, 6.45) is -0.0741. The Morgan fingerprint density at radius 2 is 2.05 bits per heavy atom. The van der Waals surface area contributed by atoms with Crippen molar-refractivity contribution in [1.82, 2.24) is 10.2 Å². The summed E-state index contributed by atoms with van der Waals surface area (Å²) in [7, 11) is 5.27. The number of azo groups is 1. The molecule has 19 heavy (non-hydrogen) atoms. The molecule has 1 saturated heterocycles. The Labute approximate surface area is 126 Å². The lowest BCUT2D eigenvalue weighted by atomic mass is 10.3. The average molecular weight is 376 g/mol. The zero-order chi connectivity index (χ0) is 13.8. The predicted octanol–water partition coefficient (Wildman–Crippen LogP) is 2.21. The van der Waals surface area contributed by atoms with E-state index in [0.717, 1.165) is 22.4 Å². The molecule has 0 aromatic heterocycles. The molecule has 0 spiro atoms. The van der Waals surface area contributed by atoms with Crippen molar-refractivity contribution >= 4 is 28.3 Å². The first-order chi connectivity index (χ1) is 9.15. The summed E-state index contributed by atoms with van der Waals surface area (Å²) in [4.78, 5) is 2.10. The van der Waals surface area contributed by atoms with Gasteiger partial charge in [0.05, 0.1) is 17.8 Å². The fourth-order valence-corrected chi connectivity index (χ4v) is 2.48. The predicted molar refractivity (Wildman–Crippen MR) is 81.2 cm³/mol. The summed E-state index contributed by atoms with van der Waals surface area (Å²) >= 11 is 2.20. The van der Waals surface area contributed by atoms with Gasteiger partial charge in [-0.1, -0.05) is 0 Å². The van der Waals surface area contributed by atoms with Crippen molar-refractivity contribution in [2.75, 3.05) is 34.4 Å². The van der Waals surface area contributed by atoms with Gasteiger partial charge in [-0.25, -0.2) is 0 Å². The van der Waals surface area contributed by atoms with E-state index in [1.807, 2.05) is 19.2 Å². The van der Waals surface area contributed by atoms with Crippen LogP contribution in [0.5, 0.6) is 11.5 Å². The van der Waals surface area contributed by atoms with Crippen molar-refractivity contribution in [2.24, 2.45) is 10.2 Å². The molecule has 1 atom stereocenters. The molecule has 104 valence electrons. The highest BCUT2D eigenvalue weighted by molar-refractivity contribution is 14.1. The quantitative estimate of drug-likeness (QED) is 0.647. The first-order valence-corrected chi connectivity index (χ1v) is 6.99. The van der Waals surface area contributed by atoms with Crippen LogP contribution in [0.2, 0.25) is 0 Å². The van der Waals surface area contributed by atoms with Crippen LogP contribution < -0.4 is 14.8 Å². The van der Waals surface area contributed by atoms with Crippen LogP contribution in [0.15, 0.2) is 22.4 Å². The van der Waals surface area contributed by atoms with E-state index in [0.29, 0.717) is 11.4 Å². The molecule has 1 aliphatic heterocycles. The summed E-state index contributed by atoms with van der Waals surface area (Å²) < 4.78 is 11.6. The molecule has 1 aromatic carbocycles. The third-order valence-corrected chi connectivity index (χ3v) is 3.78. The van der Waals surface area contributed by atoms with Crippen LogP contribution >= 0.6 is 22.6 Å². The van der Waals surface area contributed by atoms with Gasteiger partial charge in [0.2, 0.25) is 0 Å². The zero-order valence-corrected chi connectivity index (χ0v) is 13.3. The Kier molecular flexibility index (Phi) is 4.94. The molecule has 1 aromatic rings. The minimum atomic E-state index is -0.0741. The molecular weight excluding hydrogens is 359 g/mol. The van der Waals surface area contributed by atoms with Crippen LogP contribution in [-0.4, -0.2) is 45.5 Å². The van der Waals surface area contributed by atoms with Crippen LogP contribution in [0, 0.1) is 3.57 Å². The topological polar surface area (TPSA) is 58.5 Å². The Morgan fingerprint density at radius 1 is 1.32 bits per heavy atom. The largest absolute Gasteiger partial charge is 0.496 e. The number of likely N-dealkylation sites (N-methyl/N-ethyl adjacent to an activating group) is 1. The van der Waals surface area contributed by atoms with E-state index >= 15 is 0 Å². The minimum absolute atomic E-state index is 0.0741. The van der Waals surface area contributed by atoms with Crippen LogP contribution in [0.3, 0.4) is 0 Å². The van der Waals surface area contributed by atoms with Crippen molar-refractivity contribution in [3.63, 3.8) is 0 Å². The van der Waals surface area contributed by atoms with Gasteiger partial charge in [0, 0.05) is 19.2 Å². The van der Waals surface area contributed by atoms with Crippen LogP contribution in [0.25, 0.3) is 0 Å². The van der Waals surface area contributed by atoms with Gasteiger partial charge < -0.3 is 9.47 Å². The maximum atomic E-state index is 5.32. The molecule has 0 radical (unpaired) electrons. The van der Waals surface area contributed by atoms with E-state index < -0.39 is 0 Å². The normalized spacial score (nSPS) is 20.1. The maximum absolute atomic E-state index is 5.32. The lowest BCUT2D eigenvalue weighted by Gasteiger charge is -2.13. The SMILES string of the molecule is COc1cc(N=NC2NCCN2C)c(OC)cc1I. The van der Waals surface area contributed by atoms with E-state index in [4.69, 9.17) is 9.47 Å². The summed E-state index contributed by atoms with van der Waals surface area (Å²) in [6.45, 7) is 1.89. The number of nitrogens with zero attached hydrogens (tertiary/aromatic N) is 3. The van der Waals surface area contributed by atoms with Gasteiger partial charge in [0.25, 0.3) is 0 Å². The number of ether oxygens (including phenoxy) is 2. The molecule has 0 aliphatic carbocycles. The van der Waals surface area contributed by atoms with Crippen molar-refractivity contribution in [1.29, 1.82) is 0 Å². The molecule has 1 heterocycles. The van der Waals surface area contributed by atoms with Gasteiger partial charge in [-0.05, 0) is 35.7 Å². The van der Waals surface area contributed by atoms with Gasteiger partial charge in [0.15, 0.2) is 6.29 Å². The number of benzene rings is 1. The Balaban J connectivity index is 2.25. The van der Waals surface area contributed by atoms with Gasteiger partial charge in [-0.15, -0.1) is 5.11 Å². The van der Waals surface area contributed by atoms with E-state index in [2.05, 4.69) is 43.0 Å². The highest BCUT2D eigenvalue weighted by Gasteiger charge is 2.19. The highest BCUT2D eigenvalue weighted by Crippen LogP contribution is 2.35. The number of hydrogen-bond acceptors (Lipinski definition) is 6. The van der Waals surface area contributed by atoms with Crippen LogP contribution in [-0.2, 0) is 0 Å². The fourth-order valence-electron chi connectivity index (χ4n) is 1.82. The first-order valence-electron chi connectivity index (χ1n) is 5.91. The molecule has 1 unspecified atom stereocenters. The fraction of sp³-hybridized carbons (Fsp3) is 0.500. The third kappa shape index (κ3) is 3.34. The summed E-state index contributed by atoms with van der Waals surface area (Å²) in [5, 5.41) is 11.8. The molecule has 7 heteroatoms. The van der Waals surface area contributed by atoms with Crippen molar-refractivity contribution in [2.45, 2.75) is 6.29 Å². The zero-order valence-electron chi connectivity index (χ0n) is 11.2. The van der Waals surface area contributed by atoms with E-state index in [9.17, 15) is 0 Å². The number of nitrogens with one attached hydrogen (secondary N) is 1. The molecular formula is C12H17IN4O2. The van der Waals surface area contributed by atoms with Crippen molar-refractivity contribution in [3.8, 4) is 11.5 Å². The molecule has 0 bridgehead atoms. The molecule has 1 fully saturated rings. The molecule has 2 rings (SSSR count). The second-order valence-corrected chi connectivity index (χ2v) is 5.34. The molecule has 6 nitrogen and oxygen atoms in total. The average Bonchev–Trinajstić information content (AvgIpc) is 2.82. The number of rotatable bonds is 4. The Hall–Kier alpha value is -0.930. The van der Waals surface area contributed by atoms with Gasteiger partial charge in [0.1, 0.15) is 17.2 Å². The number of halogens is 1. The van der Waals surface area contributed by atoms with Crippen LogP contribution in [0.4, 0.5) is 5.69 Å². The maximum Gasteiger partial charge on any atom is 0.176 e. The second kappa shape index (κ2) is 6.49. The second-order valence-electron chi connectivity index (χ2n) is 4.18. The molecule has 1 N–H and O–H groups in total. The van der Waals surface area contributed by atoms with Gasteiger partial charge in [-0.3, -0.25) is 10.2 Å².